The summed E-state index contributed by atoms with van der Waals surface area (Å²) in [5.74, 6) is 0.943. The molecule has 1 aliphatic heterocycles. The van der Waals surface area contributed by atoms with Crippen molar-refractivity contribution in [3.63, 3.8) is 0 Å². The van der Waals surface area contributed by atoms with E-state index in [0.717, 1.165) is 25.4 Å². The molecule has 2 aromatic rings. The Morgan fingerprint density at radius 1 is 1.09 bits per heavy atom. The lowest BCUT2D eigenvalue weighted by Crippen LogP contribution is -2.38. The van der Waals surface area contributed by atoms with Crippen LogP contribution in [-0.2, 0) is 6.54 Å². The second-order valence-corrected chi connectivity index (χ2v) is 6.42. The summed E-state index contributed by atoms with van der Waals surface area (Å²) in [6, 6.07) is 17.6. The van der Waals surface area contributed by atoms with E-state index >= 15 is 0 Å². The van der Waals surface area contributed by atoms with Crippen molar-refractivity contribution in [2.45, 2.75) is 32.4 Å². The molecule has 1 saturated heterocycles. The largest absolute Gasteiger partial charge is 0.497 e. The van der Waals surface area contributed by atoms with Crippen LogP contribution in [0.2, 0.25) is 0 Å². The van der Waals surface area contributed by atoms with Crippen LogP contribution in [0, 0.1) is 6.92 Å². The molecule has 23 heavy (non-hydrogen) atoms. The highest BCUT2D eigenvalue weighted by molar-refractivity contribution is 5.46. The monoisotopic (exact) mass is 310 g/mol. The van der Waals surface area contributed by atoms with Gasteiger partial charge in [-0.2, -0.15) is 0 Å². The van der Waals surface area contributed by atoms with E-state index in [0.29, 0.717) is 6.04 Å². The first-order valence-corrected chi connectivity index (χ1v) is 8.41. The lowest BCUT2D eigenvalue weighted by molar-refractivity contribution is 0.211. The Bertz CT molecular complexity index is 633. The molecule has 3 nitrogen and oxygen atoms in total. The molecule has 122 valence electrons. The van der Waals surface area contributed by atoms with E-state index in [1.807, 2.05) is 6.07 Å². The third kappa shape index (κ3) is 4.49. The van der Waals surface area contributed by atoms with Crippen LogP contribution in [-0.4, -0.2) is 31.1 Å². The zero-order valence-electron chi connectivity index (χ0n) is 14.1. The molecule has 3 heteroatoms. The fourth-order valence-electron chi connectivity index (χ4n) is 3.23. The van der Waals surface area contributed by atoms with Gasteiger partial charge in [0.1, 0.15) is 5.75 Å². The number of benzene rings is 2. The van der Waals surface area contributed by atoms with Crippen molar-refractivity contribution in [3.05, 3.63) is 59.7 Å². The lowest BCUT2D eigenvalue weighted by Gasteiger charge is -2.33. The molecule has 2 aromatic carbocycles. The summed E-state index contributed by atoms with van der Waals surface area (Å²) in [6.45, 7) is 5.43. The van der Waals surface area contributed by atoms with E-state index in [1.165, 1.54) is 29.7 Å². The van der Waals surface area contributed by atoms with Crippen molar-refractivity contribution in [2.75, 3.05) is 25.5 Å². The standard InChI is InChI=1S/C20H26N2O/c1-16-5-3-7-19(13-16)21-18-9-11-22(12-10-18)15-17-6-4-8-20(14-17)23-2/h3-8,13-14,18,21H,9-12,15H2,1-2H3. The Labute approximate surface area is 139 Å². The van der Waals surface area contributed by atoms with Gasteiger partial charge in [-0.25, -0.2) is 0 Å². The maximum Gasteiger partial charge on any atom is 0.119 e. The van der Waals surface area contributed by atoms with Crippen molar-refractivity contribution in [2.24, 2.45) is 0 Å². The van der Waals surface area contributed by atoms with E-state index in [2.05, 4.69) is 59.6 Å². The SMILES string of the molecule is COc1cccc(CN2CCC(Nc3cccc(C)c3)CC2)c1. The number of likely N-dealkylation sites (tertiary alicyclic amines) is 1. The summed E-state index contributed by atoms with van der Waals surface area (Å²) in [4.78, 5) is 2.53. The highest BCUT2D eigenvalue weighted by atomic mass is 16.5. The molecule has 0 bridgehead atoms. The fourth-order valence-corrected chi connectivity index (χ4v) is 3.23. The van der Waals surface area contributed by atoms with Gasteiger partial charge in [0, 0.05) is 31.4 Å². The Morgan fingerprint density at radius 2 is 1.87 bits per heavy atom. The minimum absolute atomic E-state index is 0.582. The molecule has 0 spiro atoms. The number of anilines is 1. The third-order valence-electron chi connectivity index (χ3n) is 4.52. The Balaban J connectivity index is 1.50. The zero-order chi connectivity index (χ0) is 16.1. The van der Waals surface area contributed by atoms with E-state index in [-0.39, 0.29) is 0 Å². The molecule has 1 heterocycles. The highest BCUT2D eigenvalue weighted by Crippen LogP contribution is 2.20. The van der Waals surface area contributed by atoms with Crippen LogP contribution in [0.15, 0.2) is 48.5 Å². The highest BCUT2D eigenvalue weighted by Gasteiger charge is 2.19. The van der Waals surface area contributed by atoms with Gasteiger partial charge in [0.05, 0.1) is 7.11 Å². The van der Waals surface area contributed by atoms with Crippen molar-refractivity contribution in [1.82, 2.24) is 4.90 Å². The van der Waals surface area contributed by atoms with Gasteiger partial charge in [0.15, 0.2) is 0 Å². The second-order valence-electron chi connectivity index (χ2n) is 6.42. The van der Waals surface area contributed by atoms with Crippen LogP contribution in [0.1, 0.15) is 24.0 Å². The average molecular weight is 310 g/mol. The molecule has 1 aliphatic rings. The summed E-state index contributed by atoms with van der Waals surface area (Å²) >= 11 is 0. The summed E-state index contributed by atoms with van der Waals surface area (Å²) < 4.78 is 5.31. The lowest BCUT2D eigenvalue weighted by atomic mass is 10.0. The number of nitrogens with zero attached hydrogens (tertiary/aromatic N) is 1. The maximum absolute atomic E-state index is 5.31. The van der Waals surface area contributed by atoms with Crippen LogP contribution in [0.25, 0.3) is 0 Å². The molecule has 0 aromatic heterocycles. The predicted octanol–water partition coefficient (Wildman–Crippen LogP) is 4.08. The Morgan fingerprint density at radius 3 is 2.61 bits per heavy atom. The number of piperidine rings is 1. The number of nitrogens with one attached hydrogen (secondary N) is 1. The molecule has 0 atom stereocenters. The minimum Gasteiger partial charge on any atom is -0.497 e. The number of methoxy groups -OCH3 is 1. The first-order chi connectivity index (χ1) is 11.2. The number of aryl methyl sites for hydroxylation is 1. The van der Waals surface area contributed by atoms with Gasteiger partial charge in [-0.1, -0.05) is 24.3 Å². The number of ether oxygens (including phenoxy) is 1. The summed E-state index contributed by atoms with van der Waals surface area (Å²) in [5, 5.41) is 3.68. The smallest absolute Gasteiger partial charge is 0.119 e. The molecule has 3 rings (SSSR count). The fraction of sp³-hybridized carbons (Fsp3) is 0.400. The predicted molar refractivity (Wildman–Crippen MR) is 96.1 cm³/mol. The first-order valence-electron chi connectivity index (χ1n) is 8.41. The normalized spacial score (nSPS) is 16.3. The van der Waals surface area contributed by atoms with Gasteiger partial charge in [0.2, 0.25) is 0 Å². The topological polar surface area (TPSA) is 24.5 Å². The van der Waals surface area contributed by atoms with E-state index in [4.69, 9.17) is 4.74 Å². The van der Waals surface area contributed by atoms with Crippen LogP contribution < -0.4 is 10.1 Å². The summed E-state index contributed by atoms with van der Waals surface area (Å²) in [5.41, 5.74) is 3.89. The van der Waals surface area contributed by atoms with Gasteiger partial charge < -0.3 is 10.1 Å². The molecule has 0 amide bonds. The molecule has 1 N–H and O–H groups in total. The Kier molecular flexibility index (Phi) is 5.19. The van der Waals surface area contributed by atoms with Crippen molar-refractivity contribution >= 4 is 5.69 Å². The molecule has 0 radical (unpaired) electrons. The first kappa shape index (κ1) is 15.9. The minimum atomic E-state index is 0.582. The van der Waals surface area contributed by atoms with Gasteiger partial charge >= 0.3 is 0 Å². The van der Waals surface area contributed by atoms with Crippen LogP contribution in [0.4, 0.5) is 5.69 Å². The summed E-state index contributed by atoms with van der Waals surface area (Å²) in [6.07, 6.45) is 2.38. The second kappa shape index (κ2) is 7.51. The van der Waals surface area contributed by atoms with Gasteiger partial charge in [-0.15, -0.1) is 0 Å². The Hall–Kier alpha value is -2.00. The van der Waals surface area contributed by atoms with E-state index < -0.39 is 0 Å². The average Bonchev–Trinajstić information content (AvgIpc) is 2.57. The van der Waals surface area contributed by atoms with Gasteiger partial charge in [0.25, 0.3) is 0 Å². The van der Waals surface area contributed by atoms with Crippen molar-refractivity contribution in [3.8, 4) is 5.75 Å². The van der Waals surface area contributed by atoms with Crippen molar-refractivity contribution in [1.29, 1.82) is 0 Å². The quantitative estimate of drug-likeness (QED) is 0.900. The van der Waals surface area contributed by atoms with Crippen LogP contribution in [0.3, 0.4) is 0 Å². The van der Waals surface area contributed by atoms with Crippen LogP contribution >= 0.6 is 0 Å². The molecular formula is C20H26N2O. The van der Waals surface area contributed by atoms with E-state index in [1.54, 1.807) is 7.11 Å². The molecule has 0 aliphatic carbocycles. The third-order valence-corrected chi connectivity index (χ3v) is 4.52. The molecule has 0 unspecified atom stereocenters. The van der Waals surface area contributed by atoms with E-state index in [9.17, 15) is 0 Å². The maximum atomic E-state index is 5.31. The number of hydrogen-bond donors (Lipinski definition) is 1. The van der Waals surface area contributed by atoms with Crippen LogP contribution in [0.5, 0.6) is 5.75 Å². The summed E-state index contributed by atoms with van der Waals surface area (Å²) in [7, 11) is 1.72. The van der Waals surface area contributed by atoms with Gasteiger partial charge in [-0.3, -0.25) is 4.90 Å². The molecule has 1 fully saturated rings. The zero-order valence-corrected chi connectivity index (χ0v) is 14.1. The van der Waals surface area contributed by atoms with Gasteiger partial charge in [-0.05, 0) is 55.2 Å². The number of hydrogen-bond acceptors (Lipinski definition) is 3. The number of rotatable bonds is 5. The van der Waals surface area contributed by atoms with Crippen molar-refractivity contribution < 1.29 is 4.74 Å². The molecular weight excluding hydrogens is 284 g/mol. The molecule has 0 saturated carbocycles.